The molecule has 6 heteroatoms. The average Bonchev–Trinajstić information content (AvgIpc) is 3.23. The van der Waals surface area contributed by atoms with Crippen molar-refractivity contribution in [3.63, 3.8) is 0 Å². The van der Waals surface area contributed by atoms with Crippen LogP contribution in [0.2, 0.25) is 0 Å². The number of halogens is 1. The zero-order valence-corrected chi connectivity index (χ0v) is 15.4. The van der Waals surface area contributed by atoms with E-state index in [1.165, 1.54) is 36.6 Å². The SMILES string of the molecule is CCc1cc(F)cc2[nH]c(C(=O)N3CCc4[nH]nc(C5CCC5)c4C3)cc12. The lowest BCUT2D eigenvalue weighted by atomic mass is 9.81. The minimum atomic E-state index is -0.272. The number of aromatic amines is 2. The summed E-state index contributed by atoms with van der Waals surface area (Å²) in [6, 6.07) is 4.88. The lowest BCUT2D eigenvalue weighted by Gasteiger charge is -2.30. The van der Waals surface area contributed by atoms with E-state index in [-0.39, 0.29) is 11.7 Å². The molecule has 0 radical (unpaired) electrons. The molecule has 1 aromatic carbocycles. The van der Waals surface area contributed by atoms with Crippen molar-refractivity contribution in [3.05, 3.63) is 52.2 Å². The summed E-state index contributed by atoms with van der Waals surface area (Å²) in [5, 5.41) is 8.65. The van der Waals surface area contributed by atoms with Gasteiger partial charge in [-0.05, 0) is 43.0 Å². The Bertz CT molecular complexity index is 1030. The van der Waals surface area contributed by atoms with Gasteiger partial charge in [0.1, 0.15) is 11.5 Å². The fourth-order valence-electron chi connectivity index (χ4n) is 4.36. The number of amides is 1. The van der Waals surface area contributed by atoms with Gasteiger partial charge in [0.25, 0.3) is 5.91 Å². The largest absolute Gasteiger partial charge is 0.350 e. The van der Waals surface area contributed by atoms with Crippen LogP contribution in [0.1, 0.15) is 65.1 Å². The van der Waals surface area contributed by atoms with Gasteiger partial charge in [-0.1, -0.05) is 13.3 Å². The summed E-state index contributed by atoms with van der Waals surface area (Å²) in [7, 11) is 0. The molecule has 2 aliphatic rings. The molecular weight excluding hydrogens is 343 g/mol. The summed E-state index contributed by atoms with van der Waals surface area (Å²) in [4.78, 5) is 18.1. The highest BCUT2D eigenvalue weighted by Crippen LogP contribution is 2.39. The Morgan fingerprint density at radius 1 is 1.33 bits per heavy atom. The number of carbonyl (C=O) groups is 1. The number of rotatable bonds is 3. The summed E-state index contributed by atoms with van der Waals surface area (Å²) >= 11 is 0. The second-order valence-electron chi connectivity index (χ2n) is 7.73. The highest BCUT2D eigenvalue weighted by atomic mass is 19.1. The maximum Gasteiger partial charge on any atom is 0.270 e. The average molecular weight is 366 g/mol. The van der Waals surface area contributed by atoms with Gasteiger partial charge in [-0.3, -0.25) is 9.89 Å². The monoisotopic (exact) mass is 366 g/mol. The van der Waals surface area contributed by atoms with Gasteiger partial charge >= 0.3 is 0 Å². The van der Waals surface area contributed by atoms with Gasteiger partial charge in [-0.25, -0.2) is 4.39 Å². The first kappa shape index (κ1) is 16.5. The van der Waals surface area contributed by atoms with Gasteiger partial charge in [0.2, 0.25) is 0 Å². The molecule has 0 unspecified atom stereocenters. The smallest absolute Gasteiger partial charge is 0.270 e. The molecule has 140 valence electrons. The first-order chi connectivity index (χ1) is 13.1. The molecule has 27 heavy (non-hydrogen) atoms. The molecule has 2 N–H and O–H groups in total. The van der Waals surface area contributed by atoms with Gasteiger partial charge < -0.3 is 9.88 Å². The molecule has 0 bridgehead atoms. The number of nitrogens with one attached hydrogen (secondary N) is 2. The van der Waals surface area contributed by atoms with E-state index in [1.807, 2.05) is 17.9 Å². The van der Waals surface area contributed by atoms with Crippen molar-refractivity contribution in [2.75, 3.05) is 6.54 Å². The van der Waals surface area contributed by atoms with Crippen LogP contribution in [-0.4, -0.2) is 32.5 Å². The molecule has 5 nitrogen and oxygen atoms in total. The third kappa shape index (κ3) is 2.66. The lowest BCUT2D eigenvalue weighted by molar-refractivity contribution is 0.0728. The van der Waals surface area contributed by atoms with Gasteiger partial charge in [0.05, 0.1) is 5.69 Å². The van der Waals surface area contributed by atoms with E-state index in [9.17, 15) is 9.18 Å². The van der Waals surface area contributed by atoms with Crippen LogP contribution in [0.5, 0.6) is 0 Å². The van der Waals surface area contributed by atoms with Crippen LogP contribution in [0, 0.1) is 5.82 Å². The number of carbonyl (C=O) groups excluding carboxylic acids is 1. The van der Waals surface area contributed by atoms with E-state index >= 15 is 0 Å². The van der Waals surface area contributed by atoms with Crippen molar-refractivity contribution < 1.29 is 9.18 Å². The van der Waals surface area contributed by atoms with Gasteiger partial charge in [-0.15, -0.1) is 0 Å². The van der Waals surface area contributed by atoms with Gasteiger partial charge in [0, 0.05) is 47.6 Å². The Morgan fingerprint density at radius 3 is 2.93 bits per heavy atom. The van der Waals surface area contributed by atoms with E-state index in [1.54, 1.807) is 6.07 Å². The molecule has 1 fully saturated rings. The molecule has 1 aliphatic carbocycles. The summed E-state index contributed by atoms with van der Waals surface area (Å²) < 4.78 is 13.8. The Morgan fingerprint density at radius 2 is 2.19 bits per heavy atom. The predicted octanol–water partition coefficient (Wildman–Crippen LogP) is 4.06. The number of aromatic nitrogens is 3. The van der Waals surface area contributed by atoms with Crippen LogP contribution in [0.3, 0.4) is 0 Å². The molecule has 1 aliphatic heterocycles. The Labute approximate surface area is 157 Å². The summed E-state index contributed by atoms with van der Waals surface area (Å²) in [5.74, 6) is 0.245. The summed E-state index contributed by atoms with van der Waals surface area (Å²) in [6.45, 7) is 3.26. The van der Waals surface area contributed by atoms with E-state index in [0.717, 1.165) is 29.5 Å². The molecule has 2 aromatic heterocycles. The molecule has 0 spiro atoms. The van der Waals surface area contributed by atoms with E-state index < -0.39 is 0 Å². The normalized spacial score (nSPS) is 17.2. The van der Waals surface area contributed by atoms with Gasteiger partial charge in [-0.2, -0.15) is 5.10 Å². The molecular formula is C21H23FN4O. The van der Waals surface area contributed by atoms with E-state index in [4.69, 9.17) is 0 Å². The lowest BCUT2D eigenvalue weighted by Crippen LogP contribution is -2.36. The summed E-state index contributed by atoms with van der Waals surface area (Å²) in [6.07, 6.45) is 5.18. The maximum absolute atomic E-state index is 13.8. The van der Waals surface area contributed by atoms with E-state index in [0.29, 0.717) is 30.2 Å². The Kier molecular flexibility index (Phi) is 3.81. The quantitative estimate of drug-likeness (QED) is 0.734. The standard InChI is InChI=1S/C21H23FN4O/c1-2-12-8-14(22)9-18-15(12)10-19(23-18)21(27)26-7-6-17-16(11-26)20(25-24-17)13-4-3-5-13/h8-10,13,23H,2-7,11H2,1H3,(H,24,25). The predicted molar refractivity (Wildman–Crippen MR) is 101 cm³/mol. The second-order valence-corrected chi connectivity index (χ2v) is 7.73. The zero-order valence-electron chi connectivity index (χ0n) is 15.4. The third-order valence-electron chi connectivity index (χ3n) is 6.14. The van der Waals surface area contributed by atoms with Crippen molar-refractivity contribution in [2.24, 2.45) is 0 Å². The number of benzene rings is 1. The molecule has 0 saturated heterocycles. The number of hydrogen-bond donors (Lipinski definition) is 2. The molecule has 1 amide bonds. The van der Waals surface area contributed by atoms with Crippen molar-refractivity contribution in [1.29, 1.82) is 0 Å². The number of hydrogen-bond acceptors (Lipinski definition) is 2. The Balaban J connectivity index is 1.45. The van der Waals surface area contributed by atoms with Crippen molar-refractivity contribution in [2.45, 2.75) is 51.5 Å². The number of aryl methyl sites for hydroxylation is 1. The first-order valence-electron chi connectivity index (χ1n) is 9.80. The van der Waals surface area contributed by atoms with Crippen LogP contribution in [-0.2, 0) is 19.4 Å². The van der Waals surface area contributed by atoms with Gasteiger partial charge in [0.15, 0.2) is 0 Å². The van der Waals surface area contributed by atoms with Crippen molar-refractivity contribution in [3.8, 4) is 0 Å². The second kappa shape index (κ2) is 6.22. The topological polar surface area (TPSA) is 64.8 Å². The third-order valence-corrected chi connectivity index (χ3v) is 6.14. The molecule has 0 atom stereocenters. The van der Waals surface area contributed by atoms with Crippen LogP contribution < -0.4 is 0 Å². The summed E-state index contributed by atoms with van der Waals surface area (Å²) in [5.41, 5.74) is 5.67. The van der Waals surface area contributed by atoms with Crippen molar-refractivity contribution >= 4 is 16.8 Å². The fourth-order valence-corrected chi connectivity index (χ4v) is 4.36. The molecule has 5 rings (SSSR count). The van der Waals surface area contributed by atoms with Crippen LogP contribution in [0.15, 0.2) is 18.2 Å². The number of H-pyrrole nitrogens is 2. The molecule has 3 aromatic rings. The minimum Gasteiger partial charge on any atom is -0.350 e. The number of nitrogens with zero attached hydrogens (tertiary/aromatic N) is 2. The van der Waals surface area contributed by atoms with Crippen LogP contribution >= 0.6 is 0 Å². The highest BCUT2D eigenvalue weighted by molar-refractivity contribution is 5.99. The van der Waals surface area contributed by atoms with E-state index in [2.05, 4.69) is 15.2 Å². The Hall–Kier alpha value is -2.63. The first-order valence-corrected chi connectivity index (χ1v) is 9.80. The maximum atomic E-state index is 13.8. The molecule has 1 saturated carbocycles. The van der Waals surface area contributed by atoms with Crippen LogP contribution in [0.4, 0.5) is 4.39 Å². The minimum absolute atomic E-state index is 0.0277. The van der Waals surface area contributed by atoms with Crippen LogP contribution in [0.25, 0.3) is 10.9 Å². The molecule has 3 heterocycles. The number of fused-ring (bicyclic) bond motifs is 2. The fraction of sp³-hybridized carbons (Fsp3) is 0.429. The highest BCUT2D eigenvalue weighted by Gasteiger charge is 2.31. The zero-order chi connectivity index (χ0) is 18.5. The van der Waals surface area contributed by atoms with Crippen molar-refractivity contribution in [1.82, 2.24) is 20.1 Å².